The van der Waals surface area contributed by atoms with Crippen LogP contribution in [-0.2, 0) is 4.79 Å². The Morgan fingerprint density at radius 2 is 1.94 bits per heavy atom. The Balaban J connectivity index is 2.21. The normalized spacial score (nSPS) is 19.8. The molecule has 0 aromatic heterocycles. The van der Waals surface area contributed by atoms with Gasteiger partial charge in [-0.15, -0.1) is 0 Å². The minimum atomic E-state index is -4.71. The van der Waals surface area contributed by atoms with E-state index in [2.05, 4.69) is 5.32 Å². The monoisotopic (exact) mass is 237 g/mol. The van der Waals surface area contributed by atoms with Crippen LogP contribution in [-0.4, -0.2) is 43.9 Å². The first-order chi connectivity index (χ1) is 7.37. The van der Waals surface area contributed by atoms with Crippen molar-refractivity contribution in [3.63, 3.8) is 0 Å². The summed E-state index contributed by atoms with van der Waals surface area (Å²) < 4.78 is 36.5. The van der Waals surface area contributed by atoms with E-state index in [1.165, 1.54) is 11.8 Å². The van der Waals surface area contributed by atoms with Crippen LogP contribution in [0.2, 0.25) is 0 Å². The maximum absolute atomic E-state index is 12.2. The van der Waals surface area contributed by atoms with Gasteiger partial charge >= 0.3 is 6.98 Å². The molecule has 1 aliphatic rings. The lowest BCUT2D eigenvalue weighted by Gasteiger charge is -2.34. The van der Waals surface area contributed by atoms with Crippen LogP contribution in [0.3, 0.4) is 0 Å². The van der Waals surface area contributed by atoms with Crippen molar-refractivity contribution in [1.82, 2.24) is 10.2 Å². The SMILES string of the molecule is CC(=O)NCC1CCN(C[B-](F)(F)F)CC1. The predicted molar refractivity (Wildman–Crippen MR) is 56.9 cm³/mol. The molecular weight excluding hydrogens is 220 g/mol. The quantitative estimate of drug-likeness (QED) is 0.745. The number of carbonyl (C=O) groups excluding carboxylic acids is 1. The van der Waals surface area contributed by atoms with E-state index in [0.717, 1.165) is 12.8 Å². The molecule has 1 heterocycles. The van der Waals surface area contributed by atoms with Crippen molar-refractivity contribution in [1.29, 1.82) is 0 Å². The maximum Gasteiger partial charge on any atom is 0.492 e. The number of piperidine rings is 1. The van der Waals surface area contributed by atoms with Gasteiger partial charge in [0.2, 0.25) is 5.91 Å². The fourth-order valence-corrected chi connectivity index (χ4v) is 1.95. The molecule has 0 aromatic carbocycles. The van der Waals surface area contributed by atoms with Crippen molar-refractivity contribution in [3.8, 4) is 0 Å². The zero-order chi connectivity index (χ0) is 12.2. The van der Waals surface area contributed by atoms with Gasteiger partial charge in [-0.05, 0) is 38.3 Å². The van der Waals surface area contributed by atoms with Crippen LogP contribution >= 0.6 is 0 Å². The van der Waals surface area contributed by atoms with Gasteiger partial charge in [-0.2, -0.15) is 0 Å². The van der Waals surface area contributed by atoms with Crippen LogP contribution in [0.5, 0.6) is 0 Å². The first kappa shape index (κ1) is 13.4. The van der Waals surface area contributed by atoms with Gasteiger partial charge in [0.05, 0.1) is 0 Å². The predicted octanol–water partition coefficient (Wildman–Crippen LogP) is 1.22. The first-order valence-electron chi connectivity index (χ1n) is 5.54. The molecule has 16 heavy (non-hydrogen) atoms. The number of amides is 1. The summed E-state index contributed by atoms with van der Waals surface area (Å²) >= 11 is 0. The number of hydrogen-bond acceptors (Lipinski definition) is 2. The molecule has 94 valence electrons. The van der Waals surface area contributed by atoms with Crippen LogP contribution in [0.1, 0.15) is 19.8 Å². The second kappa shape index (κ2) is 5.56. The molecule has 0 aliphatic carbocycles. The van der Waals surface area contributed by atoms with Gasteiger partial charge in [0.25, 0.3) is 0 Å². The van der Waals surface area contributed by atoms with E-state index in [4.69, 9.17) is 0 Å². The number of nitrogens with zero attached hydrogens (tertiary/aromatic N) is 1. The molecule has 1 amide bonds. The molecule has 0 unspecified atom stereocenters. The van der Waals surface area contributed by atoms with Crippen LogP contribution < -0.4 is 5.32 Å². The summed E-state index contributed by atoms with van der Waals surface area (Å²) in [7, 11) is 0. The third-order valence-electron chi connectivity index (χ3n) is 2.81. The first-order valence-corrected chi connectivity index (χ1v) is 5.54. The fourth-order valence-electron chi connectivity index (χ4n) is 1.95. The minimum Gasteiger partial charge on any atom is -0.448 e. The number of likely N-dealkylation sites (tertiary alicyclic amines) is 1. The molecule has 0 radical (unpaired) electrons. The number of halogens is 3. The smallest absolute Gasteiger partial charge is 0.448 e. The van der Waals surface area contributed by atoms with E-state index in [1.54, 1.807) is 0 Å². The third-order valence-corrected chi connectivity index (χ3v) is 2.81. The van der Waals surface area contributed by atoms with Crippen LogP contribution in [0, 0.1) is 5.92 Å². The Morgan fingerprint density at radius 3 is 2.38 bits per heavy atom. The van der Waals surface area contributed by atoms with Crippen LogP contribution in [0.25, 0.3) is 0 Å². The Labute approximate surface area is 93.4 Å². The highest BCUT2D eigenvalue weighted by Crippen LogP contribution is 2.19. The van der Waals surface area contributed by atoms with E-state index >= 15 is 0 Å². The molecule has 0 bridgehead atoms. The fraction of sp³-hybridized carbons (Fsp3) is 0.889. The van der Waals surface area contributed by atoms with Gasteiger partial charge in [0.1, 0.15) is 0 Å². The van der Waals surface area contributed by atoms with E-state index in [1.807, 2.05) is 0 Å². The van der Waals surface area contributed by atoms with Crippen molar-refractivity contribution in [2.75, 3.05) is 26.1 Å². The topological polar surface area (TPSA) is 32.3 Å². The van der Waals surface area contributed by atoms with Crippen molar-refractivity contribution in [3.05, 3.63) is 0 Å². The van der Waals surface area contributed by atoms with Crippen molar-refractivity contribution in [2.24, 2.45) is 5.92 Å². The largest absolute Gasteiger partial charge is 0.492 e. The molecule has 0 saturated carbocycles. The summed E-state index contributed by atoms with van der Waals surface area (Å²) in [5.41, 5.74) is 0. The molecule has 1 N–H and O–H groups in total. The molecule has 0 spiro atoms. The standard InChI is InChI=1S/C9H17BF3N2O/c1-8(16)14-6-9-2-4-15(5-3-9)7-10(11,12)13/h9H,2-7H2,1H3,(H,14,16)/q-1. The summed E-state index contributed by atoms with van der Waals surface area (Å²) in [6, 6.07) is 0. The molecule has 1 saturated heterocycles. The lowest BCUT2D eigenvalue weighted by molar-refractivity contribution is -0.119. The zero-order valence-electron chi connectivity index (χ0n) is 9.39. The second-order valence-electron chi connectivity index (χ2n) is 4.39. The van der Waals surface area contributed by atoms with Gasteiger partial charge in [0, 0.05) is 13.5 Å². The highest BCUT2D eigenvalue weighted by molar-refractivity contribution is 6.58. The maximum atomic E-state index is 12.2. The van der Waals surface area contributed by atoms with Gasteiger partial charge in [-0.25, -0.2) is 0 Å². The molecule has 3 nitrogen and oxygen atoms in total. The Morgan fingerprint density at radius 1 is 1.38 bits per heavy atom. The van der Waals surface area contributed by atoms with Crippen molar-refractivity contribution < 1.29 is 17.7 Å². The van der Waals surface area contributed by atoms with Gasteiger partial charge in [-0.1, -0.05) is 0 Å². The second-order valence-corrected chi connectivity index (χ2v) is 4.39. The number of rotatable bonds is 4. The molecule has 1 rings (SSSR count). The summed E-state index contributed by atoms with van der Waals surface area (Å²) in [4.78, 5) is 12.1. The Kier molecular flexibility index (Phi) is 4.64. The molecule has 1 aliphatic heterocycles. The van der Waals surface area contributed by atoms with E-state index in [-0.39, 0.29) is 5.91 Å². The number of nitrogens with one attached hydrogen (secondary N) is 1. The summed E-state index contributed by atoms with van der Waals surface area (Å²) in [5.74, 6) is 0.238. The Bertz CT molecular complexity index is 239. The van der Waals surface area contributed by atoms with E-state index in [9.17, 15) is 17.7 Å². The van der Waals surface area contributed by atoms with E-state index < -0.39 is 13.4 Å². The summed E-state index contributed by atoms with van der Waals surface area (Å²) in [6.45, 7) is -1.72. The third kappa shape index (κ3) is 5.39. The Hall–Kier alpha value is -0.715. The zero-order valence-corrected chi connectivity index (χ0v) is 9.39. The minimum absolute atomic E-state index is 0.0824. The van der Waals surface area contributed by atoms with Gasteiger partial charge in [0.15, 0.2) is 0 Å². The number of hydrogen-bond donors (Lipinski definition) is 1. The van der Waals surface area contributed by atoms with Gasteiger partial charge in [-0.3, -0.25) is 4.79 Å². The average molecular weight is 237 g/mol. The van der Waals surface area contributed by atoms with Gasteiger partial charge < -0.3 is 23.2 Å². The molecule has 0 aromatic rings. The molecule has 1 fully saturated rings. The number of carbonyl (C=O) groups is 1. The molecule has 7 heteroatoms. The van der Waals surface area contributed by atoms with Crippen molar-refractivity contribution in [2.45, 2.75) is 19.8 Å². The summed E-state index contributed by atoms with van der Waals surface area (Å²) in [5, 5.41) is 2.70. The molecular formula is C9H17BF3N2O-. The summed E-state index contributed by atoms with van der Waals surface area (Å²) in [6.07, 6.45) is 0.700. The van der Waals surface area contributed by atoms with Crippen molar-refractivity contribution >= 4 is 12.9 Å². The van der Waals surface area contributed by atoms with E-state index in [0.29, 0.717) is 25.6 Å². The van der Waals surface area contributed by atoms with Crippen LogP contribution in [0.15, 0.2) is 0 Å². The lowest BCUT2D eigenvalue weighted by Crippen LogP contribution is -2.44. The average Bonchev–Trinajstić information content (AvgIpc) is 2.14. The highest BCUT2D eigenvalue weighted by atomic mass is 19.4. The molecule has 0 atom stereocenters. The highest BCUT2D eigenvalue weighted by Gasteiger charge is 2.28. The lowest BCUT2D eigenvalue weighted by atomic mass is 9.88. The van der Waals surface area contributed by atoms with Crippen LogP contribution in [0.4, 0.5) is 12.9 Å².